The van der Waals surface area contributed by atoms with Crippen molar-refractivity contribution in [3.8, 4) is 11.4 Å². The third-order valence-electron chi connectivity index (χ3n) is 3.33. The van der Waals surface area contributed by atoms with Gasteiger partial charge in [0.05, 0.1) is 11.4 Å². The number of alkyl halides is 3. The monoisotopic (exact) mass is 362 g/mol. The van der Waals surface area contributed by atoms with Crippen LogP contribution in [0.5, 0.6) is 5.75 Å². The van der Waals surface area contributed by atoms with Crippen molar-refractivity contribution >= 4 is 11.6 Å². The second-order valence-corrected chi connectivity index (χ2v) is 5.29. The number of carbonyl (C=O) groups is 1. The molecule has 0 fully saturated rings. The quantitative estimate of drug-likeness (QED) is 0.768. The molecule has 0 bridgehead atoms. The van der Waals surface area contributed by atoms with Gasteiger partial charge >= 0.3 is 6.36 Å². The number of aryl methyl sites for hydroxylation is 1. The second-order valence-electron chi connectivity index (χ2n) is 5.29. The zero-order valence-corrected chi connectivity index (χ0v) is 13.5. The van der Waals surface area contributed by atoms with Crippen LogP contribution < -0.4 is 10.1 Å². The van der Waals surface area contributed by atoms with Gasteiger partial charge in [0.1, 0.15) is 5.75 Å². The van der Waals surface area contributed by atoms with E-state index in [-0.39, 0.29) is 11.4 Å². The van der Waals surface area contributed by atoms with Gasteiger partial charge in [0, 0.05) is 5.69 Å². The van der Waals surface area contributed by atoms with Gasteiger partial charge in [-0.25, -0.2) is 0 Å². The number of benzene rings is 2. The molecule has 26 heavy (non-hydrogen) atoms. The van der Waals surface area contributed by atoms with Crippen LogP contribution in [0.4, 0.5) is 18.9 Å². The number of anilines is 1. The highest BCUT2D eigenvalue weighted by Gasteiger charge is 2.31. The minimum atomic E-state index is -4.77. The van der Waals surface area contributed by atoms with E-state index in [1.54, 1.807) is 19.1 Å². The Hall–Kier alpha value is -3.36. The highest BCUT2D eigenvalue weighted by Crippen LogP contribution is 2.24. The number of carbonyl (C=O) groups excluding carboxylic acids is 1. The Morgan fingerprint density at radius 3 is 2.31 bits per heavy atom. The maximum Gasteiger partial charge on any atom is 0.573 e. The molecule has 3 rings (SSSR count). The molecule has 1 N–H and O–H groups in total. The highest BCUT2D eigenvalue weighted by atomic mass is 19.4. The molecule has 0 radical (unpaired) electrons. The van der Waals surface area contributed by atoms with Crippen LogP contribution in [0.3, 0.4) is 0 Å². The average Bonchev–Trinajstić information content (AvgIpc) is 2.98. The van der Waals surface area contributed by atoms with Gasteiger partial charge < -0.3 is 10.1 Å². The molecule has 1 amide bonds. The fourth-order valence-corrected chi connectivity index (χ4v) is 2.20. The molecule has 6 nitrogen and oxygen atoms in total. The Morgan fingerprint density at radius 2 is 1.69 bits per heavy atom. The van der Waals surface area contributed by atoms with Crippen molar-refractivity contribution in [2.45, 2.75) is 13.3 Å². The highest BCUT2D eigenvalue weighted by molar-refractivity contribution is 6.03. The third kappa shape index (κ3) is 4.18. The predicted octanol–water partition coefficient (Wildman–Crippen LogP) is 3.73. The molecule has 9 heteroatoms. The Balaban J connectivity index is 1.73. The molecular formula is C17H13F3N4O2. The van der Waals surface area contributed by atoms with Gasteiger partial charge in [0.15, 0.2) is 5.69 Å². The summed E-state index contributed by atoms with van der Waals surface area (Å²) in [7, 11) is 0. The normalized spacial score (nSPS) is 11.2. The average molecular weight is 362 g/mol. The van der Waals surface area contributed by atoms with Crippen LogP contribution in [0, 0.1) is 6.92 Å². The van der Waals surface area contributed by atoms with Crippen molar-refractivity contribution in [1.82, 2.24) is 15.0 Å². The molecule has 0 saturated carbocycles. The number of hydrogen-bond donors (Lipinski definition) is 1. The lowest BCUT2D eigenvalue weighted by atomic mass is 10.2. The molecule has 0 saturated heterocycles. The van der Waals surface area contributed by atoms with Gasteiger partial charge in [-0.3, -0.25) is 4.79 Å². The molecule has 1 aromatic heterocycles. The molecule has 3 aromatic rings. The van der Waals surface area contributed by atoms with Crippen molar-refractivity contribution in [2.24, 2.45) is 0 Å². The first-order chi connectivity index (χ1) is 12.3. The fourth-order valence-electron chi connectivity index (χ4n) is 2.20. The number of ether oxygens (including phenoxy) is 1. The van der Waals surface area contributed by atoms with E-state index in [2.05, 4.69) is 20.3 Å². The lowest BCUT2D eigenvalue weighted by Gasteiger charge is -2.09. The molecule has 1 heterocycles. The lowest BCUT2D eigenvalue weighted by molar-refractivity contribution is -0.274. The molecule has 134 valence electrons. The largest absolute Gasteiger partial charge is 0.573 e. The third-order valence-corrected chi connectivity index (χ3v) is 3.33. The van der Waals surface area contributed by atoms with E-state index in [1.807, 2.05) is 18.2 Å². The van der Waals surface area contributed by atoms with Crippen molar-refractivity contribution in [3.63, 3.8) is 0 Å². The van der Waals surface area contributed by atoms with E-state index >= 15 is 0 Å². The molecule has 0 aliphatic carbocycles. The molecule has 0 unspecified atom stereocenters. The van der Waals surface area contributed by atoms with Crippen LogP contribution in [0.25, 0.3) is 5.69 Å². The van der Waals surface area contributed by atoms with Crippen LogP contribution in [0.1, 0.15) is 16.2 Å². The predicted molar refractivity (Wildman–Crippen MR) is 87.2 cm³/mol. The van der Waals surface area contributed by atoms with Gasteiger partial charge in [-0.05, 0) is 43.3 Å². The molecule has 0 atom stereocenters. The van der Waals surface area contributed by atoms with Gasteiger partial charge in [-0.1, -0.05) is 18.2 Å². The van der Waals surface area contributed by atoms with E-state index < -0.39 is 12.3 Å². The standard InChI is InChI=1S/C17H13F3N4O2/c1-11-15(23-24(22-11)13-5-3-2-4-6-13)16(25)21-12-7-9-14(10-8-12)26-17(18,19)20/h2-10H,1H3,(H,21,25). The number of nitrogens with zero attached hydrogens (tertiary/aromatic N) is 3. The maximum absolute atomic E-state index is 12.4. The van der Waals surface area contributed by atoms with Crippen LogP contribution >= 0.6 is 0 Å². The minimum Gasteiger partial charge on any atom is -0.406 e. The molecular weight excluding hydrogens is 349 g/mol. The van der Waals surface area contributed by atoms with Gasteiger partial charge in [-0.15, -0.1) is 18.3 Å². The lowest BCUT2D eigenvalue weighted by Crippen LogP contribution is -2.17. The summed E-state index contributed by atoms with van der Waals surface area (Å²) in [6.07, 6.45) is -4.77. The van der Waals surface area contributed by atoms with E-state index in [1.165, 1.54) is 16.9 Å². The second kappa shape index (κ2) is 6.87. The molecule has 0 aliphatic heterocycles. The van der Waals surface area contributed by atoms with Crippen molar-refractivity contribution in [3.05, 3.63) is 66.0 Å². The van der Waals surface area contributed by atoms with E-state index in [0.717, 1.165) is 12.1 Å². The first-order valence-corrected chi connectivity index (χ1v) is 7.48. The first kappa shape index (κ1) is 17.5. The number of amides is 1. The van der Waals surface area contributed by atoms with Crippen LogP contribution in [-0.2, 0) is 0 Å². The summed E-state index contributed by atoms with van der Waals surface area (Å²) in [5.74, 6) is -0.893. The molecule has 0 spiro atoms. The molecule has 0 aliphatic rings. The Kier molecular flexibility index (Phi) is 4.61. The summed E-state index contributed by atoms with van der Waals surface area (Å²) < 4.78 is 40.2. The zero-order chi connectivity index (χ0) is 18.7. The SMILES string of the molecule is Cc1nn(-c2ccccc2)nc1C(=O)Nc1ccc(OC(F)(F)F)cc1. The number of nitrogens with one attached hydrogen (secondary N) is 1. The Morgan fingerprint density at radius 1 is 1.04 bits per heavy atom. The number of aromatic nitrogens is 3. The molecule has 2 aromatic carbocycles. The smallest absolute Gasteiger partial charge is 0.406 e. The van der Waals surface area contributed by atoms with Crippen molar-refractivity contribution in [1.29, 1.82) is 0 Å². The summed E-state index contributed by atoms with van der Waals surface area (Å²) in [6, 6.07) is 13.9. The number of para-hydroxylation sites is 1. The minimum absolute atomic E-state index is 0.115. The Bertz CT molecular complexity index is 906. The van der Waals surface area contributed by atoms with E-state index in [0.29, 0.717) is 17.1 Å². The van der Waals surface area contributed by atoms with E-state index in [4.69, 9.17) is 0 Å². The van der Waals surface area contributed by atoms with Crippen LogP contribution in [0.2, 0.25) is 0 Å². The maximum atomic E-state index is 12.4. The summed E-state index contributed by atoms with van der Waals surface area (Å²) in [6.45, 7) is 1.64. The summed E-state index contributed by atoms with van der Waals surface area (Å²) in [5, 5.41) is 10.9. The van der Waals surface area contributed by atoms with Crippen molar-refractivity contribution in [2.75, 3.05) is 5.32 Å². The van der Waals surface area contributed by atoms with E-state index in [9.17, 15) is 18.0 Å². The van der Waals surface area contributed by atoms with Gasteiger partial charge in [0.25, 0.3) is 5.91 Å². The van der Waals surface area contributed by atoms with Crippen molar-refractivity contribution < 1.29 is 22.7 Å². The summed E-state index contributed by atoms with van der Waals surface area (Å²) in [4.78, 5) is 13.7. The van der Waals surface area contributed by atoms with Gasteiger partial charge in [-0.2, -0.15) is 9.90 Å². The Labute approximate surface area is 146 Å². The fraction of sp³-hybridized carbons (Fsp3) is 0.118. The summed E-state index contributed by atoms with van der Waals surface area (Å²) in [5.41, 5.74) is 1.54. The first-order valence-electron chi connectivity index (χ1n) is 7.48. The zero-order valence-electron chi connectivity index (χ0n) is 13.5. The van der Waals surface area contributed by atoms with Gasteiger partial charge in [0.2, 0.25) is 0 Å². The number of hydrogen-bond acceptors (Lipinski definition) is 4. The summed E-state index contributed by atoms with van der Waals surface area (Å²) >= 11 is 0. The van der Waals surface area contributed by atoms with Crippen LogP contribution in [-0.4, -0.2) is 27.3 Å². The van der Waals surface area contributed by atoms with Crippen LogP contribution in [0.15, 0.2) is 54.6 Å². The number of halogens is 3. The number of rotatable bonds is 4. The topological polar surface area (TPSA) is 69.0 Å².